The minimum Gasteiger partial charge on any atom is -0.455 e. The van der Waals surface area contributed by atoms with Crippen LogP contribution in [-0.2, 0) is 26.5 Å². The highest BCUT2D eigenvalue weighted by molar-refractivity contribution is 7.14. The lowest BCUT2D eigenvalue weighted by atomic mass is 9.86. The second-order valence-electron chi connectivity index (χ2n) is 8.64. The van der Waals surface area contributed by atoms with E-state index in [4.69, 9.17) is 4.74 Å². The number of aliphatic hydroxyl groups is 1. The Bertz CT molecular complexity index is 1080. The Balaban J connectivity index is 1.68. The lowest BCUT2D eigenvalue weighted by molar-refractivity contribution is -0.160. The minimum absolute atomic E-state index is 0.0844. The van der Waals surface area contributed by atoms with Gasteiger partial charge in [0.1, 0.15) is 0 Å². The maximum absolute atomic E-state index is 13.0. The van der Waals surface area contributed by atoms with E-state index in [2.05, 4.69) is 5.32 Å². The normalized spacial score (nSPS) is 11.6. The molecule has 6 nitrogen and oxygen atoms in total. The Morgan fingerprint density at radius 3 is 1.94 bits per heavy atom. The molecular formula is C26H27NO5S. The number of ketones is 1. The highest BCUT2D eigenvalue weighted by atomic mass is 32.1. The summed E-state index contributed by atoms with van der Waals surface area (Å²) in [6, 6.07) is 20.3. The molecule has 0 atom stereocenters. The van der Waals surface area contributed by atoms with Crippen molar-refractivity contribution in [3.63, 3.8) is 0 Å². The predicted molar refractivity (Wildman–Crippen MR) is 127 cm³/mol. The van der Waals surface area contributed by atoms with Crippen LogP contribution in [0, 0.1) is 5.41 Å². The first kappa shape index (κ1) is 24.4. The predicted octanol–water partition coefficient (Wildman–Crippen LogP) is 4.07. The summed E-state index contributed by atoms with van der Waals surface area (Å²) in [5, 5.41) is 14.2. The molecular weight excluding hydrogens is 438 g/mol. The molecule has 172 valence electrons. The highest BCUT2D eigenvalue weighted by Gasteiger charge is 2.41. The fourth-order valence-corrected chi connectivity index (χ4v) is 3.99. The standard InChI is InChI=1S/C26H27NO5S/c1-25(2,3)23(29)27-16-20-14-15-22(33-20)21(28)17-32-24(30)26(31,18-10-6-4-7-11-18)19-12-8-5-9-13-19/h4-15,31H,16-17H2,1-3H3,(H,27,29). The van der Waals surface area contributed by atoms with E-state index in [0.29, 0.717) is 22.5 Å². The Kier molecular flexibility index (Phi) is 7.46. The largest absolute Gasteiger partial charge is 0.455 e. The van der Waals surface area contributed by atoms with Gasteiger partial charge in [0.25, 0.3) is 0 Å². The van der Waals surface area contributed by atoms with Crippen LogP contribution in [-0.4, -0.2) is 29.4 Å². The summed E-state index contributed by atoms with van der Waals surface area (Å²) >= 11 is 1.23. The van der Waals surface area contributed by atoms with E-state index in [-0.39, 0.29) is 11.7 Å². The third kappa shape index (κ3) is 5.74. The molecule has 3 rings (SSSR count). The van der Waals surface area contributed by atoms with Gasteiger partial charge in [-0.2, -0.15) is 0 Å². The average Bonchev–Trinajstić information content (AvgIpc) is 3.30. The molecule has 0 bridgehead atoms. The maximum atomic E-state index is 13.0. The maximum Gasteiger partial charge on any atom is 0.348 e. The molecule has 0 saturated heterocycles. The van der Waals surface area contributed by atoms with Crippen molar-refractivity contribution in [3.8, 4) is 0 Å². The van der Waals surface area contributed by atoms with Gasteiger partial charge in [-0.1, -0.05) is 81.4 Å². The Morgan fingerprint density at radius 1 is 0.879 bits per heavy atom. The van der Waals surface area contributed by atoms with Gasteiger partial charge in [-0.3, -0.25) is 9.59 Å². The van der Waals surface area contributed by atoms with Crippen molar-refractivity contribution < 1.29 is 24.2 Å². The molecule has 1 amide bonds. The van der Waals surface area contributed by atoms with E-state index >= 15 is 0 Å². The molecule has 7 heteroatoms. The van der Waals surface area contributed by atoms with Crippen molar-refractivity contribution in [2.24, 2.45) is 5.41 Å². The molecule has 1 heterocycles. The number of amides is 1. The van der Waals surface area contributed by atoms with Crippen LogP contribution < -0.4 is 5.32 Å². The Hall–Kier alpha value is -3.29. The number of thiophene rings is 1. The number of benzene rings is 2. The van der Waals surface area contributed by atoms with Gasteiger partial charge in [-0.05, 0) is 23.3 Å². The van der Waals surface area contributed by atoms with Crippen LogP contribution in [0.25, 0.3) is 0 Å². The van der Waals surface area contributed by atoms with Crippen LogP contribution in [0.4, 0.5) is 0 Å². The van der Waals surface area contributed by atoms with Crippen LogP contribution in [0.15, 0.2) is 72.8 Å². The van der Waals surface area contributed by atoms with Crippen LogP contribution in [0.3, 0.4) is 0 Å². The number of esters is 1. The quantitative estimate of drug-likeness (QED) is 0.386. The van der Waals surface area contributed by atoms with Crippen molar-refractivity contribution in [2.75, 3.05) is 6.61 Å². The van der Waals surface area contributed by atoms with Crippen molar-refractivity contribution >= 4 is 29.0 Å². The van der Waals surface area contributed by atoms with Crippen LogP contribution in [0.1, 0.15) is 46.4 Å². The lowest BCUT2D eigenvalue weighted by Crippen LogP contribution is -2.39. The molecule has 0 saturated carbocycles. The monoisotopic (exact) mass is 465 g/mol. The molecule has 2 aromatic carbocycles. The second kappa shape index (κ2) is 10.1. The molecule has 3 aromatic rings. The zero-order chi connectivity index (χ0) is 24.1. The van der Waals surface area contributed by atoms with Gasteiger partial charge in [-0.25, -0.2) is 4.79 Å². The number of carbonyl (C=O) groups is 3. The molecule has 0 aliphatic heterocycles. The molecule has 0 spiro atoms. The van der Waals surface area contributed by atoms with Crippen LogP contribution >= 0.6 is 11.3 Å². The fraction of sp³-hybridized carbons (Fsp3) is 0.269. The number of hydrogen-bond acceptors (Lipinski definition) is 6. The van der Waals surface area contributed by atoms with Crippen molar-refractivity contribution in [1.29, 1.82) is 0 Å². The van der Waals surface area contributed by atoms with E-state index in [1.165, 1.54) is 11.3 Å². The van der Waals surface area contributed by atoms with Gasteiger partial charge in [-0.15, -0.1) is 11.3 Å². The fourth-order valence-electron chi connectivity index (χ4n) is 3.12. The zero-order valence-corrected chi connectivity index (χ0v) is 19.6. The highest BCUT2D eigenvalue weighted by Crippen LogP contribution is 2.31. The summed E-state index contributed by atoms with van der Waals surface area (Å²) in [5.74, 6) is -1.40. The van der Waals surface area contributed by atoms with E-state index in [0.717, 1.165) is 4.88 Å². The van der Waals surface area contributed by atoms with Gasteiger partial charge >= 0.3 is 5.97 Å². The first-order chi connectivity index (χ1) is 15.6. The summed E-state index contributed by atoms with van der Waals surface area (Å²) in [6.45, 7) is 5.29. The third-order valence-electron chi connectivity index (χ3n) is 5.05. The SMILES string of the molecule is CC(C)(C)C(=O)NCc1ccc(C(=O)COC(=O)C(O)(c2ccccc2)c2ccccc2)s1. The number of Topliss-reactive ketones (excluding diaryl/α,β-unsaturated/α-hetero) is 1. The van der Waals surface area contributed by atoms with Gasteiger partial charge in [0.15, 0.2) is 6.61 Å². The zero-order valence-electron chi connectivity index (χ0n) is 18.8. The molecule has 2 N–H and O–H groups in total. The minimum atomic E-state index is -2.04. The second-order valence-corrected chi connectivity index (χ2v) is 9.81. The summed E-state index contributed by atoms with van der Waals surface area (Å²) in [5.41, 5.74) is -1.85. The summed E-state index contributed by atoms with van der Waals surface area (Å²) < 4.78 is 5.28. The number of rotatable bonds is 8. The van der Waals surface area contributed by atoms with Gasteiger partial charge in [0.2, 0.25) is 17.3 Å². The molecule has 0 radical (unpaired) electrons. The molecule has 0 aliphatic rings. The first-order valence-electron chi connectivity index (χ1n) is 10.5. The topological polar surface area (TPSA) is 92.7 Å². The van der Waals surface area contributed by atoms with Gasteiger partial charge < -0.3 is 15.2 Å². The summed E-state index contributed by atoms with van der Waals surface area (Å²) in [6.07, 6.45) is 0. The van der Waals surface area contributed by atoms with E-state index in [9.17, 15) is 19.5 Å². The summed E-state index contributed by atoms with van der Waals surface area (Å²) in [7, 11) is 0. The van der Waals surface area contributed by atoms with Crippen LogP contribution in [0.5, 0.6) is 0 Å². The molecule has 0 fully saturated rings. The molecule has 1 aromatic heterocycles. The van der Waals surface area contributed by atoms with Gasteiger partial charge in [0, 0.05) is 10.3 Å². The number of carbonyl (C=O) groups excluding carboxylic acids is 3. The molecule has 0 unspecified atom stereocenters. The first-order valence-corrected chi connectivity index (χ1v) is 11.3. The average molecular weight is 466 g/mol. The van der Waals surface area contributed by atoms with Gasteiger partial charge in [0.05, 0.1) is 11.4 Å². The third-order valence-corrected chi connectivity index (χ3v) is 6.18. The number of hydrogen-bond donors (Lipinski definition) is 2. The Labute approximate surface area is 197 Å². The van der Waals surface area contributed by atoms with Crippen molar-refractivity contribution in [1.82, 2.24) is 5.32 Å². The van der Waals surface area contributed by atoms with Crippen molar-refractivity contribution in [2.45, 2.75) is 32.9 Å². The van der Waals surface area contributed by atoms with E-state index in [1.54, 1.807) is 72.8 Å². The number of nitrogens with one attached hydrogen (secondary N) is 1. The van der Waals surface area contributed by atoms with E-state index < -0.39 is 23.6 Å². The number of ether oxygens (including phenoxy) is 1. The Morgan fingerprint density at radius 2 is 1.42 bits per heavy atom. The molecule has 33 heavy (non-hydrogen) atoms. The molecule has 0 aliphatic carbocycles. The smallest absolute Gasteiger partial charge is 0.348 e. The lowest BCUT2D eigenvalue weighted by Gasteiger charge is -2.26. The summed E-state index contributed by atoms with van der Waals surface area (Å²) in [4.78, 5) is 38.9. The van der Waals surface area contributed by atoms with Crippen molar-refractivity contribution in [3.05, 3.63) is 93.7 Å². The van der Waals surface area contributed by atoms with E-state index in [1.807, 2.05) is 20.8 Å². The van der Waals surface area contributed by atoms with Crippen LogP contribution in [0.2, 0.25) is 0 Å².